The Kier molecular flexibility index (Phi) is 22.4. The van der Waals surface area contributed by atoms with E-state index in [2.05, 4.69) is 0 Å². The van der Waals surface area contributed by atoms with Crippen LogP contribution in [0.15, 0.2) is 182 Å². The zero-order valence-corrected chi connectivity index (χ0v) is 24.3. The average Bonchev–Trinajstić information content (AvgIpc) is 3.01. The van der Waals surface area contributed by atoms with Gasteiger partial charge in [0.2, 0.25) is 0 Å². The molecule has 0 saturated heterocycles. The molecule has 0 aliphatic rings. The Bertz CT molecular complexity index is 1100. The Balaban J connectivity index is 0.000000490. The number of phenolic OH excluding ortho intramolecular Hbond substituents is 2. The second-order valence-electron chi connectivity index (χ2n) is 7.92. The van der Waals surface area contributed by atoms with Crippen LogP contribution in [-0.4, -0.2) is 10.2 Å². The third-order valence-corrected chi connectivity index (χ3v) is 4.49. The molecule has 0 bridgehead atoms. The van der Waals surface area contributed by atoms with E-state index in [1.54, 1.807) is 97.1 Å². The third kappa shape index (κ3) is 24.2. The molecular weight excluding hydrogens is 584 g/mol. The topological polar surface area (TPSA) is 133 Å². The minimum absolute atomic E-state index is 0. The monoisotopic (exact) mass is 616 g/mol. The summed E-state index contributed by atoms with van der Waals surface area (Å²) in [6.07, 6.45) is 0. The molecule has 0 atom stereocenters. The fourth-order valence-corrected chi connectivity index (χ4v) is 2.54. The molecule has 2 N–H and O–H groups in total. The summed E-state index contributed by atoms with van der Waals surface area (Å²) in [7, 11) is 0. The third-order valence-electron chi connectivity index (χ3n) is 4.49. The van der Waals surface area contributed by atoms with Crippen LogP contribution >= 0.6 is 0 Å². The van der Waals surface area contributed by atoms with Gasteiger partial charge in [0, 0.05) is 0 Å². The fraction of sp³-hybridized carbons (Fsp3) is 0. The molecule has 220 valence electrons. The first kappa shape index (κ1) is 37.6. The van der Waals surface area contributed by atoms with Crippen molar-refractivity contribution < 1.29 is 47.7 Å². The molecule has 0 radical (unpaired) electrons. The zero-order valence-electron chi connectivity index (χ0n) is 23.2. The molecule has 0 aliphatic carbocycles. The van der Waals surface area contributed by atoms with Crippen LogP contribution in [0.4, 0.5) is 0 Å². The van der Waals surface area contributed by atoms with Crippen molar-refractivity contribution in [3.63, 3.8) is 0 Å². The largest absolute Gasteiger partial charge is 4.00 e. The minimum Gasteiger partial charge on any atom is -0.872 e. The van der Waals surface area contributed by atoms with Gasteiger partial charge in [0.05, 0.1) is 0 Å². The number of rotatable bonds is 0. The minimum atomic E-state index is 0. The van der Waals surface area contributed by atoms with Crippen molar-refractivity contribution in [3.8, 4) is 34.5 Å². The van der Waals surface area contributed by atoms with Crippen LogP contribution in [-0.2, 0) is 17.1 Å². The number of benzene rings is 6. The van der Waals surface area contributed by atoms with E-state index in [1.807, 2.05) is 36.4 Å². The van der Waals surface area contributed by atoms with Gasteiger partial charge in [0.25, 0.3) is 0 Å². The van der Waals surface area contributed by atoms with Crippen LogP contribution in [0, 0.1) is 0 Å². The Morgan fingerprint density at radius 1 is 0.256 bits per heavy atom. The number of para-hydroxylation sites is 6. The van der Waals surface area contributed by atoms with E-state index in [4.69, 9.17) is 10.2 Å². The maximum Gasteiger partial charge on any atom is 4.00 e. The molecule has 6 rings (SSSR count). The number of hydrogen-bond acceptors (Lipinski definition) is 6. The molecular formula is C36H32FeO6. The van der Waals surface area contributed by atoms with Crippen molar-refractivity contribution >= 4 is 0 Å². The summed E-state index contributed by atoms with van der Waals surface area (Å²) in [5, 5.41) is 58.3. The normalized spacial score (nSPS) is 8.37. The van der Waals surface area contributed by atoms with E-state index in [-0.39, 0.29) is 40.1 Å². The van der Waals surface area contributed by atoms with Crippen molar-refractivity contribution in [2.45, 2.75) is 0 Å². The van der Waals surface area contributed by atoms with Gasteiger partial charge in [-0.2, -0.15) is 0 Å². The van der Waals surface area contributed by atoms with E-state index in [0.29, 0.717) is 11.5 Å². The van der Waals surface area contributed by atoms with Crippen molar-refractivity contribution in [3.05, 3.63) is 182 Å². The van der Waals surface area contributed by atoms with Crippen LogP contribution in [0.1, 0.15) is 0 Å². The number of aromatic hydroxyl groups is 2. The van der Waals surface area contributed by atoms with Gasteiger partial charge < -0.3 is 30.6 Å². The first-order valence-electron chi connectivity index (χ1n) is 12.7. The summed E-state index contributed by atoms with van der Waals surface area (Å²) >= 11 is 0. The summed E-state index contributed by atoms with van der Waals surface area (Å²) in [4.78, 5) is 0. The van der Waals surface area contributed by atoms with E-state index in [9.17, 15) is 20.4 Å². The van der Waals surface area contributed by atoms with Gasteiger partial charge in [0.15, 0.2) is 0 Å². The maximum atomic E-state index is 10.3. The summed E-state index contributed by atoms with van der Waals surface area (Å²) in [5.74, 6) is 0.931. The van der Waals surface area contributed by atoms with Crippen LogP contribution < -0.4 is 20.4 Å². The molecule has 0 unspecified atom stereocenters. The first-order chi connectivity index (χ1) is 20.4. The molecule has 0 amide bonds. The van der Waals surface area contributed by atoms with Gasteiger partial charge in [0.1, 0.15) is 11.5 Å². The Morgan fingerprint density at radius 2 is 0.395 bits per heavy atom. The molecule has 6 aromatic carbocycles. The predicted molar refractivity (Wildman–Crippen MR) is 160 cm³/mol. The van der Waals surface area contributed by atoms with Crippen molar-refractivity contribution in [1.29, 1.82) is 0 Å². The first-order valence-corrected chi connectivity index (χ1v) is 12.7. The van der Waals surface area contributed by atoms with Gasteiger partial charge in [-0.3, -0.25) is 0 Å². The van der Waals surface area contributed by atoms with E-state index >= 15 is 0 Å². The quantitative estimate of drug-likeness (QED) is 0.207. The second kappa shape index (κ2) is 25.6. The summed E-state index contributed by atoms with van der Waals surface area (Å²) in [6, 6.07) is 50.7. The van der Waals surface area contributed by atoms with Crippen molar-refractivity contribution in [2.75, 3.05) is 0 Å². The second-order valence-corrected chi connectivity index (χ2v) is 7.92. The maximum absolute atomic E-state index is 10.3. The summed E-state index contributed by atoms with van der Waals surface area (Å²) < 4.78 is 0. The Labute approximate surface area is 263 Å². The molecule has 0 aromatic heterocycles. The summed E-state index contributed by atoms with van der Waals surface area (Å²) in [6.45, 7) is 0. The van der Waals surface area contributed by atoms with E-state index in [1.165, 1.54) is 48.5 Å². The summed E-state index contributed by atoms with van der Waals surface area (Å²) in [5.41, 5.74) is 0. The van der Waals surface area contributed by atoms with E-state index < -0.39 is 0 Å². The molecule has 6 nitrogen and oxygen atoms in total. The molecule has 0 spiro atoms. The van der Waals surface area contributed by atoms with Crippen LogP contribution in [0.3, 0.4) is 0 Å². The fourth-order valence-electron chi connectivity index (χ4n) is 2.54. The Hall–Kier alpha value is -5.36. The van der Waals surface area contributed by atoms with Gasteiger partial charge in [-0.15, -0.1) is 23.0 Å². The molecule has 0 fully saturated rings. The number of phenols is 2. The number of hydrogen-bond donors (Lipinski definition) is 2. The smallest absolute Gasteiger partial charge is 0.872 e. The molecule has 6 aromatic rings. The molecule has 0 saturated carbocycles. The zero-order chi connectivity index (χ0) is 30.7. The molecule has 43 heavy (non-hydrogen) atoms. The standard InChI is InChI=1S/6C6H6O.Fe/c6*7-6-4-2-1-3-5-6;/h6*1-5,7H;/q;;;;;;+4/p-4. The van der Waals surface area contributed by atoms with Crippen molar-refractivity contribution in [2.24, 2.45) is 0 Å². The van der Waals surface area contributed by atoms with Crippen LogP contribution in [0.5, 0.6) is 34.5 Å². The van der Waals surface area contributed by atoms with Gasteiger partial charge in [-0.05, 0) is 24.3 Å². The van der Waals surface area contributed by atoms with E-state index in [0.717, 1.165) is 0 Å². The molecule has 0 aliphatic heterocycles. The molecule has 0 heterocycles. The van der Waals surface area contributed by atoms with Crippen LogP contribution in [0.2, 0.25) is 0 Å². The predicted octanol–water partition coefficient (Wildman–Crippen LogP) is 5.82. The van der Waals surface area contributed by atoms with Gasteiger partial charge >= 0.3 is 17.1 Å². The molecule has 7 heteroatoms. The Morgan fingerprint density at radius 3 is 0.465 bits per heavy atom. The van der Waals surface area contributed by atoms with Crippen molar-refractivity contribution in [1.82, 2.24) is 0 Å². The average molecular weight is 616 g/mol. The van der Waals surface area contributed by atoms with Gasteiger partial charge in [-0.25, -0.2) is 0 Å². The van der Waals surface area contributed by atoms with Gasteiger partial charge in [-0.1, -0.05) is 158 Å². The van der Waals surface area contributed by atoms with Crippen LogP contribution in [0.25, 0.3) is 0 Å². The SMILES string of the molecule is Oc1ccccc1.Oc1ccccc1.[Fe+4].[O-]c1ccccc1.[O-]c1ccccc1.[O-]c1ccccc1.[O-]c1ccccc1.